The Balaban J connectivity index is 0.000000281. The minimum Gasteiger partial charge on any atom is -0.302 e. The van der Waals surface area contributed by atoms with Gasteiger partial charge in [0.1, 0.15) is 0 Å². The molecule has 2 aliphatic rings. The molecule has 2 fully saturated rings. The van der Waals surface area contributed by atoms with Crippen molar-refractivity contribution in [1.29, 1.82) is 0 Å². The van der Waals surface area contributed by atoms with Crippen molar-refractivity contribution in [3.05, 3.63) is 189 Å². The zero-order valence-corrected chi connectivity index (χ0v) is 49.5. The number of rotatable bonds is 12. The topological polar surface area (TPSA) is 6.48 Å². The molecule has 0 aromatic heterocycles. The molecule has 0 N–H and O–H groups in total. The summed E-state index contributed by atoms with van der Waals surface area (Å²) in [6.45, 7) is 0. The largest absolute Gasteiger partial charge is 0.416 e. The van der Waals surface area contributed by atoms with E-state index in [-0.39, 0.29) is 54.2 Å². The van der Waals surface area contributed by atoms with Crippen molar-refractivity contribution >= 4 is 37.1 Å². The molecular weight excluding hydrogens is 1320 g/mol. The van der Waals surface area contributed by atoms with E-state index in [9.17, 15) is 105 Å². The molecule has 0 spiro atoms. The first-order valence-electron chi connectivity index (χ1n) is 26.5. The summed E-state index contributed by atoms with van der Waals surface area (Å²) in [6, 6.07) is 19.5. The maximum atomic E-state index is 13.9. The molecule has 2 nitrogen and oxygen atoms in total. The Labute approximate surface area is 508 Å². The quantitative estimate of drug-likeness (QED) is 0.0684. The predicted octanol–water partition coefficient (Wildman–Crippen LogP) is 19.3. The van der Waals surface area contributed by atoms with E-state index in [0.717, 1.165) is 11.1 Å². The normalized spacial score (nSPS) is 19.0. The Kier molecular flexibility index (Phi) is 22.4. The van der Waals surface area contributed by atoms with Crippen LogP contribution in [0.2, 0.25) is 0 Å². The van der Waals surface area contributed by atoms with Crippen LogP contribution >= 0.6 is 15.8 Å². The van der Waals surface area contributed by atoms with E-state index in [2.05, 4.69) is 0 Å². The van der Waals surface area contributed by atoms with E-state index in [4.69, 9.17) is 0 Å². The Morgan fingerprint density at radius 2 is 0.494 bits per heavy atom. The minimum absolute atomic E-state index is 0. The van der Waals surface area contributed by atoms with E-state index in [1.807, 2.05) is 0 Å². The average molecular weight is 1370 g/mol. The Bertz CT molecular complexity index is 2830. The second kappa shape index (κ2) is 27.3. The van der Waals surface area contributed by atoms with Crippen molar-refractivity contribution in [3.63, 3.8) is 0 Å². The smallest absolute Gasteiger partial charge is 0.302 e. The molecule has 6 aromatic carbocycles. The molecule has 29 heteroatoms. The first kappa shape index (κ1) is 73.0. The molecule has 0 saturated heterocycles. The summed E-state index contributed by atoms with van der Waals surface area (Å²) in [5.41, 5.74) is -13.8. The van der Waals surface area contributed by atoms with Gasteiger partial charge in [-0.3, -0.25) is 0 Å². The van der Waals surface area contributed by atoms with E-state index in [0.29, 0.717) is 74.2 Å². The molecule has 0 heterocycles. The average Bonchev–Trinajstić information content (AvgIpc) is 1.84. The molecule has 4 unspecified atom stereocenters. The van der Waals surface area contributed by atoms with Crippen LogP contribution in [0.25, 0.3) is 0 Å². The van der Waals surface area contributed by atoms with Crippen LogP contribution in [0.1, 0.15) is 106 Å². The second-order valence-corrected chi connectivity index (χ2v) is 26.6. The monoisotopic (exact) mass is 1370 g/mol. The molecule has 0 bridgehead atoms. The number of benzene rings is 6. The van der Waals surface area contributed by atoms with Gasteiger partial charge in [-0.2, -0.15) is 105 Å². The Hall–Kier alpha value is -5.06. The molecule has 6 atom stereocenters. The van der Waals surface area contributed by atoms with Crippen LogP contribution in [0.4, 0.5) is 105 Å². The predicted molar refractivity (Wildman–Crippen MR) is 286 cm³/mol. The number of nitrogens with zero attached hydrogens (tertiary/aromatic N) is 2. The van der Waals surface area contributed by atoms with Gasteiger partial charge >= 0.3 is 49.4 Å². The van der Waals surface area contributed by atoms with Gasteiger partial charge in [-0.15, -0.1) is 0 Å². The number of hydrogen-bond acceptors (Lipinski definition) is 2. The summed E-state index contributed by atoms with van der Waals surface area (Å²) in [7, 11) is 1.57. The van der Waals surface area contributed by atoms with Crippen LogP contribution < -0.4 is 21.2 Å². The van der Waals surface area contributed by atoms with Crippen LogP contribution in [0.3, 0.4) is 0 Å². The molecule has 2 aliphatic carbocycles. The van der Waals surface area contributed by atoms with Gasteiger partial charge in [0.05, 0.1) is 44.5 Å². The Morgan fingerprint density at radius 3 is 0.663 bits per heavy atom. The van der Waals surface area contributed by atoms with Gasteiger partial charge in [0.25, 0.3) is 0 Å². The summed E-state index contributed by atoms with van der Waals surface area (Å²) in [4.78, 5) is 3.57. The van der Waals surface area contributed by atoms with Gasteiger partial charge < -0.3 is 9.80 Å². The fraction of sp³-hybridized carbons (Fsp3) is 0.400. The summed E-state index contributed by atoms with van der Waals surface area (Å²) >= 11 is 0. The van der Waals surface area contributed by atoms with Gasteiger partial charge in [0.15, 0.2) is 0 Å². The van der Waals surface area contributed by atoms with E-state index in [1.54, 1.807) is 98.7 Å². The van der Waals surface area contributed by atoms with Crippen LogP contribution in [0.5, 0.6) is 0 Å². The number of hydrogen-bond donors (Lipinski definition) is 0. The van der Waals surface area contributed by atoms with Crippen molar-refractivity contribution in [1.82, 2.24) is 9.80 Å². The van der Waals surface area contributed by atoms with Gasteiger partial charge in [0, 0.05) is 29.2 Å². The van der Waals surface area contributed by atoms with E-state index in [1.165, 1.54) is 0 Å². The molecule has 89 heavy (non-hydrogen) atoms. The van der Waals surface area contributed by atoms with Crippen LogP contribution in [-0.2, 0) is 66.5 Å². The second-order valence-electron chi connectivity index (χ2n) is 21.8. The third-order valence-corrected chi connectivity index (χ3v) is 21.2. The van der Waals surface area contributed by atoms with Crippen LogP contribution in [-0.4, -0.2) is 49.3 Å². The SMILES string of the molecule is CN(C)[C@@H](c1ccccc1)C1CCCC1P(c1cc(C(F)(F)F)cc(C(F)(F)F)c1)c1cc(C(F)(F)F)cc(C(F)(F)F)c1.CN(C)[C@@H](c1ccccc1)C1CCCC1P(c1cc(C(F)(F)F)cc(C(F)(F)F)c1)c1cc(C(F)(F)F)cc(C(F)(F)F)c1.[Fe]. The Morgan fingerprint density at radius 1 is 0.303 bits per heavy atom. The van der Waals surface area contributed by atoms with E-state index >= 15 is 0 Å². The zero-order valence-electron chi connectivity index (χ0n) is 46.6. The molecule has 0 amide bonds. The van der Waals surface area contributed by atoms with Crippen molar-refractivity contribution < 1.29 is 122 Å². The van der Waals surface area contributed by atoms with Gasteiger partial charge in [0.2, 0.25) is 0 Å². The van der Waals surface area contributed by atoms with Crippen molar-refractivity contribution in [3.8, 4) is 0 Å². The first-order chi connectivity index (χ1) is 40.3. The maximum absolute atomic E-state index is 13.9. The molecule has 2 saturated carbocycles. The minimum atomic E-state index is -5.27. The maximum Gasteiger partial charge on any atom is 0.416 e. The molecular formula is C60H52F24FeN2P2. The molecule has 488 valence electrons. The molecule has 0 radical (unpaired) electrons. The van der Waals surface area contributed by atoms with Crippen LogP contribution in [0, 0.1) is 11.8 Å². The fourth-order valence-corrected chi connectivity index (χ4v) is 18.5. The third-order valence-electron chi connectivity index (χ3n) is 15.3. The van der Waals surface area contributed by atoms with Gasteiger partial charge in [-0.1, -0.05) is 73.5 Å². The van der Waals surface area contributed by atoms with Gasteiger partial charge in [-0.25, -0.2) is 0 Å². The number of alkyl halides is 24. The summed E-state index contributed by atoms with van der Waals surface area (Å²) < 4.78 is 333. The fourth-order valence-electron chi connectivity index (χ4n) is 11.8. The third kappa shape index (κ3) is 17.8. The summed E-state index contributed by atoms with van der Waals surface area (Å²) in [5, 5.41) is -2.40. The van der Waals surface area contributed by atoms with Crippen molar-refractivity contribution in [2.45, 2.75) is 111 Å². The van der Waals surface area contributed by atoms with Gasteiger partial charge in [-0.05, 0) is 198 Å². The summed E-state index contributed by atoms with van der Waals surface area (Å²) in [5.74, 6) is -1.04. The van der Waals surface area contributed by atoms with E-state index < -0.39 is 166 Å². The number of halogens is 24. The summed E-state index contributed by atoms with van der Waals surface area (Å²) in [6.07, 6.45) is -40.2. The standard InChI is InChI=1S/2C30H26F12NP.Fe/c2*1-43(2)26(17-7-4-3-5-8-17)24-9-6-10-25(24)44(22-13-18(27(31,32)33)11-19(14-22)28(34,35)36)23-15-20(29(37,38)39)12-21(16-23)30(40,41)42;/h2*3-5,7-8,11-16,24-26H,6,9-10H2,1-2H3;/t2*24?,25?,26-;/m00./s1. The van der Waals surface area contributed by atoms with Crippen molar-refractivity contribution in [2.24, 2.45) is 11.8 Å². The molecule has 8 rings (SSSR count). The molecule has 0 aliphatic heterocycles. The van der Waals surface area contributed by atoms with Crippen molar-refractivity contribution in [2.75, 3.05) is 28.2 Å². The molecule has 6 aromatic rings. The zero-order chi connectivity index (χ0) is 65.7. The first-order valence-corrected chi connectivity index (χ1v) is 29.4. The van der Waals surface area contributed by atoms with Crippen LogP contribution in [0.15, 0.2) is 133 Å².